The molecule has 0 radical (unpaired) electrons. The summed E-state index contributed by atoms with van der Waals surface area (Å²) in [5, 5.41) is 10.4. The molecule has 0 spiro atoms. The molecule has 22 heavy (non-hydrogen) atoms. The summed E-state index contributed by atoms with van der Waals surface area (Å²) < 4.78 is 5.89. The molecule has 0 aliphatic carbocycles. The smallest absolute Gasteiger partial charge is 0.118 e. The Hall–Kier alpha value is -1.55. The van der Waals surface area contributed by atoms with Crippen LogP contribution in [0.3, 0.4) is 0 Å². The number of halogens is 1. The number of phenols is 1. The maximum Gasteiger partial charge on any atom is 0.118 e. The maximum absolute atomic E-state index is 9.62. The third-order valence-corrected chi connectivity index (χ3v) is 4.31. The largest absolute Gasteiger partial charge is 0.508 e. The van der Waals surface area contributed by atoms with E-state index in [0.29, 0.717) is 5.75 Å². The van der Waals surface area contributed by atoms with Crippen LogP contribution in [0.25, 0.3) is 0 Å². The number of benzene rings is 2. The van der Waals surface area contributed by atoms with E-state index in [2.05, 4.69) is 4.90 Å². The van der Waals surface area contributed by atoms with E-state index >= 15 is 0 Å². The van der Waals surface area contributed by atoms with E-state index in [1.807, 2.05) is 43.3 Å². The molecule has 1 heterocycles. The molecule has 3 rings (SSSR count). The second-order valence-electron chi connectivity index (χ2n) is 5.77. The van der Waals surface area contributed by atoms with Crippen LogP contribution in [0.15, 0.2) is 42.5 Å². The van der Waals surface area contributed by atoms with E-state index in [-0.39, 0.29) is 6.10 Å². The fraction of sp³-hybridized carbons (Fsp3) is 0.333. The molecule has 2 aromatic carbocycles. The lowest BCUT2D eigenvalue weighted by atomic mass is 10.1. The second-order valence-corrected chi connectivity index (χ2v) is 6.20. The fourth-order valence-electron chi connectivity index (χ4n) is 2.80. The van der Waals surface area contributed by atoms with Crippen molar-refractivity contribution in [3.63, 3.8) is 0 Å². The lowest BCUT2D eigenvalue weighted by Crippen LogP contribution is -2.37. The third-order valence-electron chi connectivity index (χ3n) is 4.06. The molecule has 1 atom stereocenters. The molecule has 1 aliphatic heterocycles. The highest BCUT2D eigenvalue weighted by atomic mass is 35.5. The summed E-state index contributed by atoms with van der Waals surface area (Å²) in [5.74, 6) is 0.352. The Kier molecular flexibility index (Phi) is 4.67. The van der Waals surface area contributed by atoms with Crippen molar-refractivity contribution in [2.75, 3.05) is 19.7 Å². The number of aryl methyl sites for hydroxylation is 1. The maximum atomic E-state index is 9.62. The zero-order chi connectivity index (χ0) is 15.5. The third kappa shape index (κ3) is 3.61. The predicted molar refractivity (Wildman–Crippen MR) is 88.3 cm³/mol. The number of aromatic hydroxyl groups is 1. The zero-order valence-corrected chi connectivity index (χ0v) is 13.4. The molecule has 1 saturated heterocycles. The Morgan fingerprint density at radius 2 is 2.00 bits per heavy atom. The van der Waals surface area contributed by atoms with Crippen molar-refractivity contribution < 1.29 is 9.84 Å². The highest BCUT2D eigenvalue weighted by Gasteiger charge is 2.22. The van der Waals surface area contributed by atoms with Crippen molar-refractivity contribution in [2.24, 2.45) is 0 Å². The first kappa shape index (κ1) is 15.3. The Labute approximate surface area is 136 Å². The first-order valence-electron chi connectivity index (χ1n) is 7.50. The molecular formula is C18H20ClNO2. The van der Waals surface area contributed by atoms with Crippen LogP contribution in [-0.4, -0.2) is 29.7 Å². The number of phenolic OH excluding ortho intramolecular Hbond substituents is 1. The van der Waals surface area contributed by atoms with Crippen molar-refractivity contribution in [1.29, 1.82) is 0 Å². The first-order chi connectivity index (χ1) is 10.6. The molecule has 1 fully saturated rings. The standard InChI is InChI=1S/C18H20ClNO2/c1-13-10-14(2-7-17(13)21)11-20-8-9-22-18(12-20)15-3-5-16(19)6-4-15/h2-7,10,18,21H,8-9,11-12H2,1H3/t18-/m1/s1. The van der Waals surface area contributed by atoms with Gasteiger partial charge in [-0.2, -0.15) is 0 Å². The highest BCUT2D eigenvalue weighted by molar-refractivity contribution is 6.30. The van der Waals surface area contributed by atoms with Crippen LogP contribution in [0.2, 0.25) is 5.02 Å². The van der Waals surface area contributed by atoms with E-state index in [4.69, 9.17) is 16.3 Å². The van der Waals surface area contributed by atoms with Crippen LogP contribution >= 0.6 is 11.6 Å². The van der Waals surface area contributed by atoms with E-state index in [1.54, 1.807) is 6.07 Å². The highest BCUT2D eigenvalue weighted by Crippen LogP contribution is 2.25. The van der Waals surface area contributed by atoms with Gasteiger partial charge in [-0.3, -0.25) is 4.90 Å². The monoisotopic (exact) mass is 317 g/mol. The number of nitrogens with zero attached hydrogens (tertiary/aromatic N) is 1. The lowest BCUT2D eigenvalue weighted by Gasteiger charge is -2.33. The molecular weight excluding hydrogens is 298 g/mol. The first-order valence-corrected chi connectivity index (χ1v) is 7.87. The molecule has 0 amide bonds. The number of hydrogen-bond acceptors (Lipinski definition) is 3. The predicted octanol–water partition coefficient (Wildman–Crippen LogP) is 3.93. The Balaban J connectivity index is 1.67. The van der Waals surface area contributed by atoms with Crippen molar-refractivity contribution in [1.82, 2.24) is 4.90 Å². The Morgan fingerprint density at radius 1 is 1.23 bits per heavy atom. The van der Waals surface area contributed by atoms with Gasteiger partial charge in [-0.25, -0.2) is 0 Å². The van der Waals surface area contributed by atoms with Gasteiger partial charge in [-0.15, -0.1) is 0 Å². The summed E-state index contributed by atoms with van der Waals surface area (Å²) in [5.41, 5.74) is 3.29. The van der Waals surface area contributed by atoms with Crippen LogP contribution in [0.5, 0.6) is 5.75 Å². The quantitative estimate of drug-likeness (QED) is 0.931. The number of rotatable bonds is 3. The molecule has 0 bridgehead atoms. The Bertz CT molecular complexity index is 642. The molecule has 1 aliphatic rings. The molecule has 0 aromatic heterocycles. The van der Waals surface area contributed by atoms with Crippen molar-refractivity contribution in [3.8, 4) is 5.75 Å². The van der Waals surface area contributed by atoms with Gasteiger partial charge in [0.2, 0.25) is 0 Å². The van der Waals surface area contributed by atoms with Crippen LogP contribution in [0.4, 0.5) is 0 Å². The molecule has 116 valence electrons. The van der Waals surface area contributed by atoms with Gasteiger partial charge in [0.15, 0.2) is 0 Å². The molecule has 2 aromatic rings. The summed E-state index contributed by atoms with van der Waals surface area (Å²) in [6.07, 6.45) is 0.0872. The molecule has 0 unspecified atom stereocenters. The van der Waals surface area contributed by atoms with Crippen LogP contribution in [0, 0.1) is 6.92 Å². The van der Waals surface area contributed by atoms with E-state index < -0.39 is 0 Å². The lowest BCUT2D eigenvalue weighted by molar-refractivity contribution is -0.0329. The van der Waals surface area contributed by atoms with Crippen LogP contribution < -0.4 is 0 Å². The molecule has 1 N–H and O–H groups in total. The van der Waals surface area contributed by atoms with E-state index in [0.717, 1.165) is 42.4 Å². The Morgan fingerprint density at radius 3 is 2.73 bits per heavy atom. The molecule has 3 nitrogen and oxygen atoms in total. The van der Waals surface area contributed by atoms with Gasteiger partial charge in [0.25, 0.3) is 0 Å². The summed E-state index contributed by atoms with van der Waals surface area (Å²) in [6.45, 7) is 5.30. The van der Waals surface area contributed by atoms with Crippen LogP contribution in [0.1, 0.15) is 22.8 Å². The van der Waals surface area contributed by atoms with E-state index in [9.17, 15) is 5.11 Å². The van der Waals surface area contributed by atoms with Crippen molar-refractivity contribution in [3.05, 3.63) is 64.2 Å². The van der Waals surface area contributed by atoms with Gasteiger partial charge in [-0.05, 0) is 41.8 Å². The molecule has 4 heteroatoms. The van der Waals surface area contributed by atoms with Crippen molar-refractivity contribution >= 4 is 11.6 Å². The van der Waals surface area contributed by atoms with E-state index in [1.165, 1.54) is 5.56 Å². The normalized spacial score (nSPS) is 19.3. The van der Waals surface area contributed by atoms with Crippen LogP contribution in [-0.2, 0) is 11.3 Å². The van der Waals surface area contributed by atoms with Gasteiger partial charge in [0.1, 0.15) is 5.75 Å². The minimum absolute atomic E-state index is 0.0872. The number of hydrogen-bond donors (Lipinski definition) is 1. The minimum atomic E-state index is 0.0872. The topological polar surface area (TPSA) is 32.7 Å². The van der Waals surface area contributed by atoms with Crippen molar-refractivity contribution in [2.45, 2.75) is 19.6 Å². The number of ether oxygens (including phenoxy) is 1. The van der Waals surface area contributed by atoms with Gasteiger partial charge in [0, 0.05) is 24.7 Å². The fourth-order valence-corrected chi connectivity index (χ4v) is 2.93. The van der Waals surface area contributed by atoms with Gasteiger partial charge in [0.05, 0.1) is 12.7 Å². The summed E-state index contributed by atoms with van der Waals surface area (Å²) in [7, 11) is 0. The van der Waals surface area contributed by atoms with Gasteiger partial charge < -0.3 is 9.84 Å². The molecule has 0 saturated carbocycles. The second kappa shape index (κ2) is 6.69. The SMILES string of the molecule is Cc1cc(CN2CCO[C@@H](c3ccc(Cl)cc3)C2)ccc1O. The summed E-state index contributed by atoms with van der Waals surface area (Å²) >= 11 is 5.94. The average Bonchev–Trinajstić information content (AvgIpc) is 2.52. The summed E-state index contributed by atoms with van der Waals surface area (Å²) in [6, 6.07) is 13.7. The van der Waals surface area contributed by atoms with Gasteiger partial charge in [-0.1, -0.05) is 35.9 Å². The minimum Gasteiger partial charge on any atom is -0.508 e. The van der Waals surface area contributed by atoms with Gasteiger partial charge >= 0.3 is 0 Å². The summed E-state index contributed by atoms with van der Waals surface area (Å²) in [4.78, 5) is 2.38. The average molecular weight is 318 g/mol. The number of morpholine rings is 1. The zero-order valence-electron chi connectivity index (χ0n) is 12.6.